The van der Waals surface area contributed by atoms with E-state index in [0.717, 1.165) is 24.5 Å². The zero-order valence-corrected chi connectivity index (χ0v) is 14.5. The molecule has 1 aromatic heterocycles. The van der Waals surface area contributed by atoms with E-state index in [2.05, 4.69) is 9.98 Å². The number of allylic oxidation sites excluding steroid dienone is 1. The Hall–Kier alpha value is -3.23. The average molecular weight is 392 g/mol. The summed E-state index contributed by atoms with van der Waals surface area (Å²) in [6, 6.07) is 8.40. The number of halogens is 5. The Morgan fingerprint density at radius 1 is 1.00 bits per heavy atom. The van der Waals surface area contributed by atoms with Crippen LogP contribution < -0.4 is 4.90 Å². The molecule has 1 aliphatic heterocycles. The van der Waals surface area contributed by atoms with Crippen LogP contribution in [-0.4, -0.2) is 15.8 Å². The fourth-order valence-electron chi connectivity index (χ4n) is 3.15. The van der Waals surface area contributed by atoms with Gasteiger partial charge in [0.2, 0.25) is 6.29 Å². The van der Waals surface area contributed by atoms with Crippen LogP contribution in [0.5, 0.6) is 0 Å². The molecule has 2 aromatic carbocycles. The van der Waals surface area contributed by atoms with Gasteiger partial charge in [0.1, 0.15) is 11.6 Å². The van der Waals surface area contributed by atoms with Crippen molar-refractivity contribution < 1.29 is 22.0 Å². The lowest BCUT2D eigenvalue weighted by molar-refractivity contribution is -0.137. The number of anilines is 1. The van der Waals surface area contributed by atoms with Gasteiger partial charge in [0, 0.05) is 18.0 Å². The van der Waals surface area contributed by atoms with Crippen LogP contribution in [0.3, 0.4) is 0 Å². The van der Waals surface area contributed by atoms with Crippen molar-refractivity contribution in [1.82, 2.24) is 9.55 Å². The van der Waals surface area contributed by atoms with Crippen molar-refractivity contribution in [2.45, 2.75) is 19.4 Å². The summed E-state index contributed by atoms with van der Waals surface area (Å²) in [6.07, 6.45) is -3.12. The van der Waals surface area contributed by atoms with E-state index in [1.807, 2.05) is 0 Å². The van der Waals surface area contributed by atoms with Crippen LogP contribution in [0.25, 0.3) is 11.0 Å². The molecular formula is C19H13F5N4. The fourth-order valence-corrected chi connectivity index (χ4v) is 3.15. The van der Waals surface area contributed by atoms with Crippen LogP contribution in [0.2, 0.25) is 0 Å². The zero-order valence-electron chi connectivity index (χ0n) is 14.5. The topological polar surface area (TPSA) is 33.4 Å². The average Bonchev–Trinajstić information content (AvgIpc) is 2.96. The van der Waals surface area contributed by atoms with Crippen molar-refractivity contribution in [3.63, 3.8) is 0 Å². The summed E-state index contributed by atoms with van der Waals surface area (Å²) in [5.74, 6) is -0.602. The number of hydrogen-bond donors (Lipinski definition) is 0. The number of nitrogens with zero attached hydrogens (tertiary/aromatic N) is 4. The van der Waals surface area contributed by atoms with E-state index in [4.69, 9.17) is 0 Å². The molecule has 0 radical (unpaired) electrons. The molecule has 144 valence electrons. The molecule has 1 unspecified atom stereocenters. The minimum atomic E-state index is -4.47. The number of aryl methyl sites for hydroxylation is 1. The molecule has 4 nitrogen and oxygen atoms in total. The number of aromatic nitrogens is 2. The standard InChI is InChI=1S/C19H13F5N4/c1-11-26-16-8-13(20)4-7-17(16)28(11)18-25-9-14(21)10-27(18)15-5-2-12(3-6-15)19(22,23)24/h2-10,18H,1H3. The van der Waals surface area contributed by atoms with Crippen molar-refractivity contribution >= 4 is 22.9 Å². The van der Waals surface area contributed by atoms with Gasteiger partial charge in [-0.1, -0.05) is 0 Å². The highest BCUT2D eigenvalue weighted by atomic mass is 19.4. The molecule has 1 atom stereocenters. The van der Waals surface area contributed by atoms with Crippen LogP contribution in [0.4, 0.5) is 27.6 Å². The van der Waals surface area contributed by atoms with E-state index in [-0.39, 0.29) is 0 Å². The normalized spacial score (nSPS) is 17.3. The third-order valence-electron chi connectivity index (χ3n) is 4.39. The van der Waals surface area contributed by atoms with Crippen LogP contribution >= 0.6 is 0 Å². The first-order chi connectivity index (χ1) is 13.2. The maximum Gasteiger partial charge on any atom is 0.416 e. The predicted molar refractivity (Wildman–Crippen MR) is 95.1 cm³/mol. The lowest BCUT2D eigenvalue weighted by atomic mass is 10.2. The number of imidazole rings is 1. The van der Waals surface area contributed by atoms with Gasteiger partial charge in [-0.3, -0.25) is 4.57 Å². The highest BCUT2D eigenvalue weighted by Crippen LogP contribution is 2.35. The lowest BCUT2D eigenvalue weighted by Crippen LogP contribution is -2.30. The molecular weight excluding hydrogens is 379 g/mol. The molecule has 28 heavy (non-hydrogen) atoms. The Kier molecular flexibility index (Phi) is 4.17. The Balaban J connectivity index is 1.81. The van der Waals surface area contributed by atoms with E-state index in [9.17, 15) is 22.0 Å². The Labute approximate surface area is 156 Å². The quantitative estimate of drug-likeness (QED) is 0.550. The second-order valence-corrected chi connectivity index (χ2v) is 6.25. The van der Waals surface area contributed by atoms with E-state index in [1.165, 1.54) is 35.2 Å². The van der Waals surface area contributed by atoms with Crippen molar-refractivity contribution in [1.29, 1.82) is 0 Å². The molecule has 0 N–H and O–H groups in total. The number of alkyl halides is 3. The fraction of sp³-hybridized carbons (Fsp3) is 0.158. The van der Waals surface area contributed by atoms with E-state index in [1.54, 1.807) is 11.5 Å². The second kappa shape index (κ2) is 6.43. The first-order valence-electron chi connectivity index (χ1n) is 8.24. The predicted octanol–water partition coefficient (Wildman–Crippen LogP) is 5.36. The first-order valence-corrected chi connectivity index (χ1v) is 8.24. The van der Waals surface area contributed by atoms with Crippen molar-refractivity contribution in [3.8, 4) is 0 Å². The molecule has 2 heterocycles. The minimum absolute atomic E-state index is 0.313. The maximum absolute atomic E-state index is 13.9. The van der Waals surface area contributed by atoms with E-state index >= 15 is 0 Å². The molecule has 4 rings (SSSR count). The molecule has 3 aromatic rings. The largest absolute Gasteiger partial charge is 0.416 e. The van der Waals surface area contributed by atoms with Crippen molar-refractivity contribution in [2.75, 3.05) is 4.90 Å². The minimum Gasteiger partial charge on any atom is -0.305 e. The highest BCUT2D eigenvalue weighted by Gasteiger charge is 2.31. The van der Waals surface area contributed by atoms with Gasteiger partial charge in [-0.25, -0.2) is 18.8 Å². The monoisotopic (exact) mass is 392 g/mol. The molecule has 0 saturated carbocycles. The molecule has 1 aliphatic rings. The first kappa shape index (κ1) is 18.1. The smallest absolute Gasteiger partial charge is 0.305 e. The highest BCUT2D eigenvalue weighted by molar-refractivity contribution is 5.80. The van der Waals surface area contributed by atoms with Crippen molar-refractivity contribution in [2.24, 2.45) is 4.99 Å². The second-order valence-electron chi connectivity index (χ2n) is 6.25. The molecule has 0 saturated heterocycles. The number of aliphatic imine (C=N–C) groups is 1. The summed E-state index contributed by atoms with van der Waals surface area (Å²) in [5.41, 5.74) is 0.467. The number of fused-ring (bicyclic) bond motifs is 1. The summed E-state index contributed by atoms with van der Waals surface area (Å²) in [6.45, 7) is 1.69. The summed E-state index contributed by atoms with van der Waals surface area (Å²) in [5, 5.41) is 0. The third-order valence-corrected chi connectivity index (χ3v) is 4.39. The van der Waals surface area contributed by atoms with Gasteiger partial charge in [0.05, 0.1) is 22.8 Å². The third kappa shape index (κ3) is 3.12. The Morgan fingerprint density at radius 3 is 2.39 bits per heavy atom. The van der Waals surface area contributed by atoms with Gasteiger partial charge in [-0.05, 0) is 43.3 Å². The summed E-state index contributed by atoms with van der Waals surface area (Å²) in [4.78, 5) is 9.88. The molecule has 0 fully saturated rings. The van der Waals surface area contributed by atoms with Gasteiger partial charge < -0.3 is 4.90 Å². The summed E-state index contributed by atoms with van der Waals surface area (Å²) < 4.78 is 67.5. The Bertz CT molecular complexity index is 1100. The van der Waals surface area contributed by atoms with Crippen LogP contribution in [-0.2, 0) is 6.18 Å². The molecule has 0 amide bonds. The summed E-state index contributed by atoms with van der Waals surface area (Å²) in [7, 11) is 0. The van der Waals surface area contributed by atoms with Crippen LogP contribution in [0.15, 0.2) is 59.5 Å². The van der Waals surface area contributed by atoms with E-state index in [0.29, 0.717) is 22.5 Å². The van der Waals surface area contributed by atoms with Gasteiger partial charge in [-0.2, -0.15) is 13.2 Å². The molecule has 0 bridgehead atoms. The van der Waals surface area contributed by atoms with Crippen LogP contribution in [0.1, 0.15) is 17.7 Å². The lowest BCUT2D eigenvalue weighted by Gasteiger charge is -2.31. The van der Waals surface area contributed by atoms with Crippen molar-refractivity contribution in [3.05, 3.63) is 71.7 Å². The number of benzene rings is 2. The summed E-state index contributed by atoms with van der Waals surface area (Å²) >= 11 is 0. The molecule has 0 spiro atoms. The number of rotatable bonds is 2. The molecule has 0 aliphatic carbocycles. The maximum atomic E-state index is 13.9. The number of hydrogen-bond acceptors (Lipinski definition) is 3. The van der Waals surface area contributed by atoms with Gasteiger partial charge in [0.15, 0.2) is 5.83 Å². The Morgan fingerprint density at radius 2 is 1.71 bits per heavy atom. The van der Waals surface area contributed by atoms with Crippen LogP contribution in [0, 0.1) is 12.7 Å². The van der Waals surface area contributed by atoms with Gasteiger partial charge in [0.25, 0.3) is 0 Å². The van der Waals surface area contributed by atoms with Gasteiger partial charge in [-0.15, -0.1) is 0 Å². The molecule has 9 heteroatoms. The van der Waals surface area contributed by atoms with Gasteiger partial charge >= 0.3 is 6.18 Å². The zero-order chi connectivity index (χ0) is 20.1. The SMILES string of the molecule is Cc1nc2cc(F)ccc2n1C1N=CC(F)=CN1c1ccc(C(F)(F)F)cc1. The van der Waals surface area contributed by atoms with E-state index < -0.39 is 29.7 Å².